The number of likely N-dealkylation sites (N-methyl/N-ethyl adjacent to an activating group) is 1. The number of rotatable bonds is 4. The van der Waals surface area contributed by atoms with Crippen molar-refractivity contribution in [2.75, 3.05) is 32.6 Å². The third-order valence-electron chi connectivity index (χ3n) is 3.62. The Morgan fingerprint density at radius 1 is 1.44 bits per heavy atom. The molecule has 3 nitrogen and oxygen atoms in total. The molecule has 100 valence electrons. The Hall–Kier alpha value is -0.740. The zero-order valence-electron chi connectivity index (χ0n) is 11.1. The first kappa shape index (κ1) is 13.7. The van der Waals surface area contributed by atoms with Gasteiger partial charge in [0, 0.05) is 18.3 Å². The summed E-state index contributed by atoms with van der Waals surface area (Å²) in [6.07, 6.45) is 3.98. The fourth-order valence-electron chi connectivity index (χ4n) is 2.41. The van der Waals surface area contributed by atoms with E-state index in [-0.39, 0.29) is 0 Å². The minimum Gasteiger partial charge on any atom is -0.496 e. The molecule has 1 aromatic carbocycles. The van der Waals surface area contributed by atoms with Gasteiger partial charge < -0.3 is 15.0 Å². The number of halogens is 1. The monoisotopic (exact) mass is 312 g/mol. The largest absolute Gasteiger partial charge is 0.496 e. The SMILES string of the molecule is COc1ccc(NCC2CCCCN2C)cc1Br. The number of piperidine rings is 1. The quantitative estimate of drug-likeness (QED) is 0.922. The van der Waals surface area contributed by atoms with E-state index < -0.39 is 0 Å². The van der Waals surface area contributed by atoms with Crippen molar-refractivity contribution in [2.24, 2.45) is 0 Å². The van der Waals surface area contributed by atoms with Crippen LogP contribution in [-0.4, -0.2) is 38.2 Å². The average molecular weight is 313 g/mol. The van der Waals surface area contributed by atoms with Gasteiger partial charge in [0.05, 0.1) is 11.6 Å². The second-order valence-corrected chi connectivity index (χ2v) is 5.71. The second-order valence-electron chi connectivity index (χ2n) is 4.86. The summed E-state index contributed by atoms with van der Waals surface area (Å²) in [4.78, 5) is 2.45. The van der Waals surface area contributed by atoms with Gasteiger partial charge in [0.2, 0.25) is 0 Å². The highest BCUT2D eigenvalue weighted by Crippen LogP contribution is 2.28. The van der Waals surface area contributed by atoms with Gasteiger partial charge in [0.15, 0.2) is 0 Å². The Bertz CT molecular complexity index is 397. The normalized spacial score (nSPS) is 20.7. The molecule has 1 fully saturated rings. The van der Waals surface area contributed by atoms with Crippen molar-refractivity contribution in [1.82, 2.24) is 4.90 Å². The smallest absolute Gasteiger partial charge is 0.133 e. The predicted octanol–water partition coefficient (Wildman–Crippen LogP) is 3.35. The molecule has 18 heavy (non-hydrogen) atoms. The molecule has 0 aliphatic carbocycles. The number of ether oxygens (including phenoxy) is 1. The van der Waals surface area contributed by atoms with Gasteiger partial charge in [-0.2, -0.15) is 0 Å². The van der Waals surface area contributed by atoms with E-state index in [4.69, 9.17) is 4.74 Å². The summed E-state index contributed by atoms with van der Waals surface area (Å²) in [6.45, 7) is 2.23. The molecule has 0 saturated carbocycles. The van der Waals surface area contributed by atoms with Crippen LogP contribution in [0.4, 0.5) is 5.69 Å². The van der Waals surface area contributed by atoms with E-state index in [1.807, 2.05) is 6.07 Å². The summed E-state index contributed by atoms with van der Waals surface area (Å²) >= 11 is 3.51. The summed E-state index contributed by atoms with van der Waals surface area (Å²) < 4.78 is 6.22. The van der Waals surface area contributed by atoms with E-state index in [0.717, 1.165) is 22.5 Å². The molecule has 2 rings (SSSR count). The van der Waals surface area contributed by atoms with Gasteiger partial charge >= 0.3 is 0 Å². The average Bonchev–Trinajstić information content (AvgIpc) is 2.38. The lowest BCUT2D eigenvalue weighted by Gasteiger charge is -2.32. The zero-order valence-corrected chi connectivity index (χ0v) is 12.7. The molecule has 1 aliphatic heterocycles. The van der Waals surface area contributed by atoms with Crippen LogP contribution in [-0.2, 0) is 0 Å². The van der Waals surface area contributed by atoms with Crippen LogP contribution in [0.15, 0.2) is 22.7 Å². The molecule has 1 aromatic rings. The van der Waals surface area contributed by atoms with Gasteiger partial charge in [-0.25, -0.2) is 0 Å². The minimum atomic E-state index is 0.652. The fraction of sp³-hybridized carbons (Fsp3) is 0.571. The summed E-state index contributed by atoms with van der Waals surface area (Å²) in [5, 5.41) is 3.51. The third-order valence-corrected chi connectivity index (χ3v) is 4.23. The van der Waals surface area contributed by atoms with Crippen LogP contribution in [0.3, 0.4) is 0 Å². The van der Waals surface area contributed by atoms with Crippen LogP contribution in [0, 0.1) is 0 Å². The zero-order chi connectivity index (χ0) is 13.0. The van der Waals surface area contributed by atoms with Gasteiger partial charge in [0.25, 0.3) is 0 Å². The molecule has 1 aliphatic rings. The van der Waals surface area contributed by atoms with Crippen LogP contribution < -0.4 is 10.1 Å². The summed E-state index contributed by atoms with van der Waals surface area (Å²) in [5.41, 5.74) is 1.14. The maximum Gasteiger partial charge on any atom is 0.133 e. The lowest BCUT2D eigenvalue weighted by atomic mass is 10.0. The van der Waals surface area contributed by atoms with E-state index in [0.29, 0.717) is 6.04 Å². The van der Waals surface area contributed by atoms with Crippen LogP contribution >= 0.6 is 15.9 Å². The summed E-state index contributed by atoms with van der Waals surface area (Å²) in [7, 11) is 3.90. The first-order chi connectivity index (χ1) is 8.70. The van der Waals surface area contributed by atoms with Gasteiger partial charge in [-0.15, -0.1) is 0 Å². The second kappa shape index (κ2) is 6.43. The number of likely N-dealkylation sites (tertiary alicyclic amines) is 1. The van der Waals surface area contributed by atoms with Crippen molar-refractivity contribution in [3.05, 3.63) is 22.7 Å². The van der Waals surface area contributed by atoms with Crippen LogP contribution in [0.5, 0.6) is 5.75 Å². The molecular weight excluding hydrogens is 292 g/mol. The van der Waals surface area contributed by atoms with Crippen molar-refractivity contribution in [2.45, 2.75) is 25.3 Å². The van der Waals surface area contributed by atoms with Crippen molar-refractivity contribution < 1.29 is 4.74 Å². The van der Waals surface area contributed by atoms with Gasteiger partial charge in [-0.1, -0.05) is 6.42 Å². The fourth-order valence-corrected chi connectivity index (χ4v) is 2.95. The Kier molecular flexibility index (Phi) is 4.89. The Balaban J connectivity index is 1.91. The number of anilines is 1. The number of benzene rings is 1. The van der Waals surface area contributed by atoms with Crippen molar-refractivity contribution in [3.8, 4) is 5.75 Å². The van der Waals surface area contributed by atoms with Crippen LogP contribution in [0.2, 0.25) is 0 Å². The van der Waals surface area contributed by atoms with Gasteiger partial charge in [0.1, 0.15) is 5.75 Å². The molecule has 1 saturated heterocycles. The van der Waals surface area contributed by atoms with Gasteiger partial charge in [-0.05, 0) is 60.6 Å². The lowest BCUT2D eigenvalue weighted by Crippen LogP contribution is -2.40. The third kappa shape index (κ3) is 3.39. The number of hydrogen-bond donors (Lipinski definition) is 1. The number of methoxy groups -OCH3 is 1. The molecule has 0 aromatic heterocycles. The van der Waals surface area contributed by atoms with E-state index in [2.05, 4.69) is 45.3 Å². The van der Waals surface area contributed by atoms with E-state index in [1.54, 1.807) is 7.11 Å². The maximum absolute atomic E-state index is 5.23. The summed E-state index contributed by atoms with van der Waals surface area (Å²) in [6, 6.07) is 6.77. The minimum absolute atomic E-state index is 0.652. The van der Waals surface area contributed by atoms with Crippen molar-refractivity contribution >= 4 is 21.6 Å². The number of hydrogen-bond acceptors (Lipinski definition) is 3. The first-order valence-electron chi connectivity index (χ1n) is 6.48. The molecule has 1 N–H and O–H groups in total. The molecule has 0 spiro atoms. The Morgan fingerprint density at radius 3 is 2.94 bits per heavy atom. The highest BCUT2D eigenvalue weighted by Gasteiger charge is 2.18. The maximum atomic E-state index is 5.23. The standard InChI is InChI=1S/C14H21BrN2O/c1-17-8-4-3-5-12(17)10-16-11-6-7-14(18-2)13(15)9-11/h6-7,9,12,16H,3-5,8,10H2,1-2H3. The molecule has 1 atom stereocenters. The Morgan fingerprint density at radius 2 is 2.28 bits per heavy atom. The number of nitrogens with zero attached hydrogens (tertiary/aromatic N) is 1. The first-order valence-corrected chi connectivity index (χ1v) is 7.27. The molecule has 0 bridgehead atoms. The Labute approximate surface area is 118 Å². The van der Waals surface area contributed by atoms with E-state index >= 15 is 0 Å². The van der Waals surface area contributed by atoms with E-state index in [1.165, 1.54) is 25.8 Å². The lowest BCUT2D eigenvalue weighted by molar-refractivity contribution is 0.194. The number of nitrogens with one attached hydrogen (secondary N) is 1. The topological polar surface area (TPSA) is 24.5 Å². The predicted molar refractivity (Wildman–Crippen MR) is 79.5 cm³/mol. The highest BCUT2D eigenvalue weighted by molar-refractivity contribution is 9.10. The van der Waals surface area contributed by atoms with Crippen molar-refractivity contribution in [1.29, 1.82) is 0 Å². The van der Waals surface area contributed by atoms with E-state index in [9.17, 15) is 0 Å². The van der Waals surface area contributed by atoms with Gasteiger partial charge in [-0.3, -0.25) is 0 Å². The van der Waals surface area contributed by atoms with Crippen molar-refractivity contribution in [3.63, 3.8) is 0 Å². The highest BCUT2D eigenvalue weighted by atomic mass is 79.9. The molecular formula is C14H21BrN2O. The molecule has 1 heterocycles. The summed E-state index contributed by atoms with van der Waals surface area (Å²) in [5.74, 6) is 0.871. The molecule has 1 unspecified atom stereocenters. The molecule has 4 heteroatoms. The molecule has 0 amide bonds. The van der Waals surface area contributed by atoms with Crippen LogP contribution in [0.25, 0.3) is 0 Å². The molecule has 0 radical (unpaired) electrons. The van der Waals surface area contributed by atoms with Crippen LogP contribution in [0.1, 0.15) is 19.3 Å².